The van der Waals surface area contributed by atoms with Crippen LogP contribution in [0.5, 0.6) is 11.5 Å². The first-order valence-corrected chi connectivity index (χ1v) is 10.4. The van der Waals surface area contributed by atoms with Crippen LogP contribution in [0.3, 0.4) is 0 Å². The Morgan fingerprint density at radius 1 is 0.759 bits per heavy atom. The third kappa shape index (κ3) is 5.96. The molecule has 0 unspecified atom stereocenters. The van der Waals surface area contributed by atoms with E-state index in [0.29, 0.717) is 41.3 Å². The molecular weight excluding hydrogens is 429 g/mol. The molecular formula is C23H22Cl3NO2. The second kappa shape index (κ2) is 10.1. The predicted molar refractivity (Wildman–Crippen MR) is 122 cm³/mol. The molecule has 0 amide bonds. The van der Waals surface area contributed by atoms with E-state index in [0.717, 1.165) is 27.4 Å². The van der Waals surface area contributed by atoms with Gasteiger partial charge in [-0.25, -0.2) is 0 Å². The molecule has 0 saturated carbocycles. The normalized spacial score (nSPS) is 10.7. The van der Waals surface area contributed by atoms with Crippen molar-refractivity contribution in [2.75, 3.05) is 11.9 Å². The van der Waals surface area contributed by atoms with Crippen molar-refractivity contribution in [3.05, 3.63) is 86.4 Å². The molecule has 6 heteroatoms. The minimum absolute atomic E-state index is 0.371. The summed E-state index contributed by atoms with van der Waals surface area (Å²) in [6.45, 7) is 5.50. The number of hydrogen-bond donors (Lipinski definition) is 1. The van der Waals surface area contributed by atoms with Crippen molar-refractivity contribution < 1.29 is 9.47 Å². The smallest absolute Gasteiger partial charge is 0.161 e. The highest BCUT2D eigenvalue weighted by Crippen LogP contribution is 2.31. The second-order valence-electron chi connectivity index (χ2n) is 6.57. The first kappa shape index (κ1) is 21.6. The van der Waals surface area contributed by atoms with Crippen molar-refractivity contribution in [3.63, 3.8) is 0 Å². The average molecular weight is 451 g/mol. The van der Waals surface area contributed by atoms with E-state index in [1.165, 1.54) is 0 Å². The number of halogens is 3. The lowest BCUT2D eigenvalue weighted by molar-refractivity contribution is 0.269. The van der Waals surface area contributed by atoms with Gasteiger partial charge in [-0.15, -0.1) is 0 Å². The van der Waals surface area contributed by atoms with E-state index in [9.17, 15) is 0 Å². The van der Waals surface area contributed by atoms with E-state index < -0.39 is 0 Å². The summed E-state index contributed by atoms with van der Waals surface area (Å²) < 4.78 is 11.7. The van der Waals surface area contributed by atoms with Crippen LogP contribution in [-0.2, 0) is 13.2 Å². The maximum Gasteiger partial charge on any atom is 0.161 e. The van der Waals surface area contributed by atoms with Crippen molar-refractivity contribution in [3.8, 4) is 11.5 Å². The first-order chi connectivity index (χ1) is 14.0. The molecule has 0 bridgehead atoms. The van der Waals surface area contributed by atoms with Crippen LogP contribution < -0.4 is 14.8 Å². The maximum atomic E-state index is 6.19. The Kier molecular flexibility index (Phi) is 7.54. The summed E-state index contributed by atoms with van der Waals surface area (Å²) in [4.78, 5) is 0. The van der Waals surface area contributed by atoms with Gasteiger partial charge in [0.1, 0.15) is 6.61 Å². The van der Waals surface area contributed by atoms with E-state index >= 15 is 0 Å². The lowest BCUT2D eigenvalue weighted by Crippen LogP contribution is -2.03. The molecule has 0 atom stereocenters. The summed E-state index contributed by atoms with van der Waals surface area (Å²) in [5.74, 6) is 1.38. The number of aryl methyl sites for hydroxylation is 1. The van der Waals surface area contributed by atoms with Crippen molar-refractivity contribution in [2.45, 2.75) is 27.0 Å². The van der Waals surface area contributed by atoms with Crippen LogP contribution in [-0.4, -0.2) is 6.61 Å². The average Bonchev–Trinajstić information content (AvgIpc) is 2.71. The summed E-state index contributed by atoms with van der Waals surface area (Å²) >= 11 is 18.2. The second-order valence-corrected chi connectivity index (χ2v) is 7.79. The summed E-state index contributed by atoms with van der Waals surface area (Å²) in [6.07, 6.45) is 0. The van der Waals surface area contributed by atoms with Gasteiger partial charge in [-0.05, 0) is 66.9 Å². The van der Waals surface area contributed by atoms with Crippen molar-refractivity contribution in [2.24, 2.45) is 0 Å². The Morgan fingerprint density at radius 3 is 2.28 bits per heavy atom. The van der Waals surface area contributed by atoms with Gasteiger partial charge in [0.25, 0.3) is 0 Å². The largest absolute Gasteiger partial charge is 0.490 e. The number of ether oxygens (including phenoxy) is 2. The molecule has 3 aromatic carbocycles. The van der Waals surface area contributed by atoms with Crippen LogP contribution >= 0.6 is 34.8 Å². The monoisotopic (exact) mass is 449 g/mol. The van der Waals surface area contributed by atoms with Crippen LogP contribution in [0.2, 0.25) is 15.1 Å². The third-order valence-electron chi connectivity index (χ3n) is 4.35. The molecule has 0 saturated heterocycles. The number of nitrogens with one attached hydrogen (secondary N) is 1. The Labute approximate surface area is 186 Å². The van der Waals surface area contributed by atoms with Gasteiger partial charge in [0.2, 0.25) is 0 Å². The summed E-state index contributed by atoms with van der Waals surface area (Å²) in [5.41, 5.74) is 4.04. The Bertz CT molecular complexity index is 992. The molecule has 0 fully saturated rings. The number of rotatable bonds is 8. The molecule has 0 aliphatic rings. The van der Waals surface area contributed by atoms with Gasteiger partial charge in [-0.3, -0.25) is 0 Å². The quantitative estimate of drug-likeness (QED) is 0.384. The summed E-state index contributed by atoms with van der Waals surface area (Å²) in [6, 6.07) is 17.3. The molecule has 0 spiro atoms. The molecule has 1 N–H and O–H groups in total. The maximum absolute atomic E-state index is 6.19. The fourth-order valence-corrected chi connectivity index (χ4v) is 3.25. The van der Waals surface area contributed by atoms with Gasteiger partial charge in [-0.1, -0.05) is 53.0 Å². The minimum atomic E-state index is 0.371. The first-order valence-electron chi connectivity index (χ1n) is 9.28. The Hall–Kier alpha value is -2.07. The molecule has 3 nitrogen and oxygen atoms in total. The molecule has 3 rings (SSSR count). The van der Waals surface area contributed by atoms with Crippen molar-refractivity contribution in [1.29, 1.82) is 0 Å². The highest BCUT2D eigenvalue weighted by Gasteiger charge is 2.08. The SMILES string of the molecule is CCOc1cc(CNc2ccc(C)c(Cl)c2)ccc1OCc1ccc(Cl)c(Cl)c1. The van der Waals surface area contributed by atoms with Gasteiger partial charge in [-0.2, -0.15) is 0 Å². The molecule has 29 heavy (non-hydrogen) atoms. The standard InChI is InChI=1S/C23H22Cl3NO2/c1-3-28-23-11-16(13-27-18-7-4-15(2)20(25)12-18)6-9-22(23)29-14-17-5-8-19(24)21(26)10-17/h4-12,27H,3,13-14H2,1-2H3. The Balaban J connectivity index is 1.68. The zero-order chi connectivity index (χ0) is 20.8. The highest BCUT2D eigenvalue weighted by molar-refractivity contribution is 6.42. The van der Waals surface area contributed by atoms with Crippen LogP contribution in [0.25, 0.3) is 0 Å². The Morgan fingerprint density at radius 2 is 1.55 bits per heavy atom. The summed E-state index contributed by atoms with van der Waals surface area (Å²) in [5, 5.41) is 5.16. The fourth-order valence-electron chi connectivity index (χ4n) is 2.75. The molecule has 0 aromatic heterocycles. The zero-order valence-corrected chi connectivity index (χ0v) is 18.5. The van der Waals surface area contributed by atoms with Gasteiger partial charge in [0, 0.05) is 17.3 Å². The van der Waals surface area contributed by atoms with E-state index in [4.69, 9.17) is 44.3 Å². The van der Waals surface area contributed by atoms with Crippen LogP contribution in [0, 0.1) is 6.92 Å². The molecule has 0 aliphatic carbocycles. The van der Waals surface area contributed by atoms with Crippen molar-refractivity contribution >= 4 is 40.5 Å². The van der Waals surface area contributed by atoms with Gasteiger partial charge in [0.05, 0.1) is 16.7 Å². The lowest BCUT2D eigenvalue weighted by atomic mass is 10.1. The lowest BCUT2D eigenvalue weighted by Gasteiger charge is -2.14. The molecule has 0 aliphatic heterocycles. The third-order valence-corrected chi connectivity index (χ3v) is 5.50. The van der Waals surface area contributed by atoms with Crippen LogP contribution in [0.4, 0.5) is 5.69 Å². The van der Waals surface area contributed by atoms with Gasteiger partial charge in [0.15, 0.2) is 11.5 Å². The highest BCUT2D eigenvalue weighted by atomic mass is 35.5. The van der Waals surface area contributed by atoms with E-state index in [2.05, 4.69) is 5.32 Å². The molecule has 0 heterocycles. The molecule has 0 radical (unpaired) electrons. The summed E-state index contributed by atoms with van der Waals surface area (Å²) in [7, 11) is 0. The predicted octanol–water partition coefficient (Wildman–Crippen LogP) is 7.55. The number of benzene rings is 3. The zero-order valence-electron chi connectivity index (χ0n) is 16.3. The topological polar surface area (TPSA) is 30.5 Å². The number of hydrogen-bond acceptors (Lipinski definition) is 3. The van der Waals surface area contributed by atoms with Gasteiger partial charge < -0.3 is 14.8 Å². The van der Waals surface area contributed by atoms with E-state index in [-0.39, 0.29) is 0 Å². The number of anilines is 1. The van der Waals surface area contributed by atoms with E-state index in [1.54, 1.807) is 12.1 Å². The van der Waals surface area contributed by atoms with Crippen LogP contribution in [0.15, 0.2) is 54.6 Å². The van der Waals surface area contributed by atoms with Crippen molar-refractivity contribution in [1.82, 2.24) is 0 Å². The molecule has 152 valence electrons. The van der Waals surface area contributed by atoms with E-state index in [1.807, 2.05) is 56.3 Å². The molecule has 3 aromatic rings. The fraction of sp³-hybridized carbons (Fsp3) is 0.217. The van der Waals surface area contributed by atoms with Gasteiger partial charge >= 0.3 is 0 Å². The van der Waals surface area contributed by atoms with Crippen LogP contribution in [0.1, 0.15) is 23.6 Å². The minimum Gasteiger partial charge on any atom is -0.490 e.